The number of hydrogen-bond acceptors (Lipinski definition) is 6. The average molecular weight is 520 g/mol. The number of phenolic OH excluding ortho intramolecular Hbond substituents is 1. The highest BCUT2D eigenvalue weighted by atomic mass is 32.2. The van der Waals surface area contributed by atoms with Crippen molar-refractivity contribution in [1.82, 2.24) is 9.88 Å². The van der Waals surface area contributed by atoms with Crippen molar-refractivity contribution in [2.24, 2.45) is 22.7 Å². The van der Waals surface area contributed by atoms with E-state index in [1.54, 1.807) is 18.5 Å². The summed E-state index contributed by atoms with van der Waals surface area (Å²) < 4.78 is 20.6. The van der Waals surface area contributed by atoms with Crippen molar-refractivity contribution in [3.63, 3.8) is 0 Å². The van der Waals surface area contributed by atoms with Crippen LogP contribution in [0.4, 0.5) is 4.39 Å². The van der Waals surface area contributed by atoms with Crippen LogP contribution < -0.4 is 0 Å². The Hall–Kier alpha value is -2.71. The summed E-state index contributed by atoms with van der Waals surface area (Å²) in [6.07, 6.45) is 12.2. The van der Waals surface area contributed by atoms with Gasteiger partial charge in [-0.05, 0) is 109 Å². The van der Waals surface area contributed by atoms with Crippen LogP contribution in [0.5, 0.6) is 5.75 Å². The Balaban J connectivity index is 1.19. The topological polar surface area (TPSA) is 75.0 Å². The van der Waals surface area contributed by atoms with Gasteiger partial charge >= 0.3 is 0 Å². The molecule has 6 aliphatic rings. The van der Waals surface area contributed by atoms with E-state index in [9.17, 15) is 9.90 Å². The largest absolute Gasteiger partial charge is 0.505 e. The monoisotopic (exact) mass is 519 g/mol. The number of benzene rings is 1. The quantitative estimate of drug-likeness (QED) is 0.550. The van der Waals surface area contributed by atoms with Gasteiger partial charge in [-0.15, -0.1) is 0 Å². The van der Waals surface area contributed by atoms with Crippen molar-refractivity contribution >= 4 is 28.9 Å². The van der Waals surface area contributed by atoms with Crippen LogP contribution in [0.3, 0.4) is 0 Å². The molecule has 0 radical (unpaired) electrons. The summed E-state index contributed by atoms with van der Waals surface area (Å²) >= 11 is 1.37. The molecule has 1 aromatic heterocycles. The molecule has 8 heteroatoms. The van der Waals surface area contributed by atoms with Crippen LogP contribution >= 0.6 is 11.8 Å². The number of ether oxygens (including phenoxy) is 1. The molecule has 1 amide bonds. The standard InChI is InChI=1S/C29H30FN3O3S/c30-24-11-21(10-23(26(24)34)29-12-17-5-18(13-29)7-19(6-17)14-29)22-8-20(15-31-16-22)9-25-27(35)32-28(37-25)33-1-3-36-4-2-33/h8-11,15-19,34H,1-7,12-14H2. The number of carbonyl (C=O) groups is 1. The van der Waals surface area contributed by atoms with Gasteiger partial charge in [0, 0.05) is 36.6 Å². The third kappa shape index (κ3) is 4.18. The van der Waals surface area contributed by atoms with E-state index in [0.29, 0.717) is 46.6 Å². The van der Waals surface area contributed by atoms with Gasteiger partial charge in [0.2, 0.25) is 0 Å². The summed E-state index contributed by atoms with van der Waals surface area (Å²) in [6.45, 7) is 2.71. The van der Waals surface area contributed by atoms with Crippen LogP contribution in [0.2, 0.25) is 0 Å². The number of nitrogens with zero attached hydrogens (tertiary/aromatic N) is 3. The van der Waals surface area contributed by atoms with E-state index in [-0.39, 0.29) is 17.1 Å². The Bertz CT molecular complexity index is 1300. The second-order valence-electron chi connectivity index (χ2n) is 11.5. The lowest BCUT2D eigenvalue weighted by atomic mass is 9.48. The van der Waals surface area contributed by atoms with E-state index in [4.69, 9.17) is 4.74 Å². The van der Waals surface area contributed by atoms with Gasteiger partial charge in [0.15, 0.2) is 16.7 Å². The molecule has 4 bridgehead atoms. The lowest BCUT2D eigenvalue weighted by Gasteiger charge is -2.57. The minimum Gasteiger partial charge on any atom is -0.505 e. The zero-order chi connectivity index (χ0) is 25.1. The van der Waals surface area contributed by atoms with Crippen LogP contribution in [0.25, 0.3) is 17.2 Å². The van der Waals surface area contributed by atoms with E-state index in [0.717, 1.165) is 49.0 Å². The summed E-state index contributed by atoms with van der Waals surface area (Å²) in [5.74, 6) is 1.08. The number of rotatable bonds is 3. The Kier molecular flexibility index (Phi) is 5.66. The highest BCUT2D eigenvalue weighted by Crippen LogP contribution is 2.62. The zero-order valence-corrected chi connectivity index (χ0v) is 21.5. The van der Waals surface area contributed by atoms with Gasteiger partial charge in [0.25, 0.3) is 5.91 Å². The first kappa shape index (κ1) is 23.4. The molecule has 0 unspecified atom stereocenters. The second kappa shape index (κ2) is 8.95. The number of aromatic nitrogens is 1. The second-order valence-corrected chi connectivity index (χ2v) is 12.5. The minimum absolute atomic E-state index is 0.122. The number of pyridine rings is 1. The van der Waals surface area contributed by atoms with Crippen molar-refractivity contribution in [2.45, 2.75) is 43.9 Å². The first-order valence-corrected chi connectivity index (χ1v) is 14.1. The van der Waals surface area contributed by atoms with Crippen LogP contribution in [0.1, 0.15) is 49.7 Å². The molecule has 0 atom stereocenters. The van der Waals surface area contributed by atoms with Crippen LogP contribution in [0.15, 0.2) is 40.5 Å². The summed E-state index contributed by atoms with van der Waals surface area (Å²) in [5, 5.41) is 11.6. The fourth-order valence-corrected chi connectivity index (χ4v) is 8.71. The lowest BCUT2D eigenvalue weighted by molar-refractivity contribution is -0.113. The molecule has 37 heavy (non-hydrogen) atoms. The van der Waals surface area contributed by atoms with Gasteiger partial charge in [0.05, 0.1) is 18.1 Å². The minimum atomic E-state index is -0.572. The first-order valence-electron chi connectivity index (χ1n) is 13.3. The number of amidine groups is 1. The average Bonchev–Trinajstić information content (AvgIpc) is 3.25. The summed E-state index contributed by atoms with van der Waals surface area (Å²) in [7, 11) is 0. The number of hydrogen-bond donors (Lipinski definition) is 1. The molecule has 6 nitrogen and oxygen atoms in total. The smallest absolute Gasteiger partial charge is 0.286 e. The molecular weight excluding hydrogens is 489 g/mol. The molecule has 5 fully saturated rings. The number of amides is 1. The van der Waals surface area contributed by atoms with Crippen LogP contribution in [-0.4, -0.2) is 52.4 Å². The Morgan fingerprint density at radius 3 is 2.43 bits per heavy atom. The predicted molar refractivity (Wildman–Crippen MR) is 142 cm³/mol. The molecule has 1 aromatic carbocycles. The fraction of sp³-hybridized carbons (Fsp3) is 0.483. The number of morpholine rings is 1. The third-order valence-corrected chi connectivity index (χ3v) is 10.00. The zero-order valence-electron chi connectivity index (χ0n) is 20.7. The van der Waals surface area contributed by atoms with Crippen LogP contribution in [-0.2, 0) is 14.9 Å². The Morgan fingerprint density at radius 2 is 1.73 bits per heavy atom. The molecular formula is C29H30FN3O3S. The highest BCUT2D eigenvalue weighted by molar-refractivity contribution is 8.18. The molecule has 8 rings (SSSR count). The molecule has 2 aromatic rings. The number of aromatic hydroxyl groups is 1. The maximum atomic E-state index is 15.2. The molecule has 0 spiro atoms. The maximum absolute atomic E-state index is 15.2. The van der Waals surface area contributed by atoms with E-state index in [1.165, 1.54) is 37.1 Å². The van der Waals surface area contributed by atoms with Crippen molar-refractivity contribution in [2.75, 3.05) is 26.3 Å². The summed E-state index contributed by atoms with van der Waals surface area (Å²) in [4.78, 5) is 23.8. The molecule has 3 heterocycles. The van der Waals surface area contributed by atoms with Gasteiger partial charge < -0.3 is 14.7 Å². The third-order valence-electron chi connectivity index (χ3n) is 8.95. The van der Waals surface area contributed by atoms with E-state index >= 15 is 4.39 Å². The van der Waals surface area contributed by atoms with Crippen molar-refractivity contribution < 1.29 is 19.0 Å². The van der Waals surface area contributed by atoms with E-state index in [1.807, 2.05) is 12.1 Å². The molecule has 1 N–H and O–H groups in total. The highest BCUT2D eigenvalue weighted by Gasteiger charge is 2.52. The molecule has 192 valence electrons. The van der Waals surface area contributed by atoms with Gasteiger partial charge in [0.1, 0.15) is 0 Å². The summed E-state index contributed by atoms with van der Waals surface area (Å²) in [5.41, 5.74) is 2.89. The van der Waals surface area contributed by atoms with Crippen LogP contribution in [0, 0.1) is 23.6 Å². The molecule has 4 aliphatic carbocycles. The number of phenols is 1. The van der Waals surface area contributed by atoms with Gasteiger partial charge in [-0.2, -0.15) is 4.99 Å². The molecule has 1 saturated heterocycles. The SMILES string of the molecule is O=C1N=C(N2CCOCC2)SC1=Cc1cncc(-c2cc(F)c(O)c(C34CC5CC(CC(C5)C3)C4)c2)c1. The van der Waals surface area contributed by atoms with Gasteiger partial charge in [-0.25, -0.2) is 4.39 Å². The Labute approximate surface area is 220 Å². The van der Waals surface area contributed by atoms with E-state index in [2.05, 4.69) is 14.9 Å². The lowest BCUT2D eigenvalue weighted by Crippen LogP contribution is -2.48. The van der Waals surface area contributed by atoms with Crippen molar-refractivity contribution in [3.8, 4) is 16.9 Å². The van der Waals surface area contributed by atoms with Gasteiger partial charge in [-0.3, -0.25) is 9.78 Å². The predicted octanol–water partition coefficient (Wildman–Crippen LogP) is 5.36. The number of aliphatic imine (C=N–C) groups is 1. The van der Waals surface area contributed by atoms with Crippen molar-refractivity contribution in [1.29, 1.82) is 0 Å². The van der Waals surface area contributed by atoms with Crippen molar-refractivity contribution in [3.05, 3.63) is 52.4 Å². The van der Waals surface area contributed by atoms with Gasteiger partial charge in [-0.1, -0.05) is 0 Å². The first-order chi connectivity index (χ1) is 18.0. The maximum Gasteiger partial charge on any atom is 0.286 e. The van der Waals surface area contributed by atoms with E-state index < -0.39 is 5.82 Å². The fourth-order valence-electron chi connectivity index (χ4n) is 7.74. The Morgan fingerprint density at radius 1 is 1.03 bits per heavy atom. The normalized spacial score (nSPS) is 31.9. The molecule has 2 aliphatic heterocycles. The summed E-state index contributed by atoms with van der Waals surface area (Å²) in [6, 6.07) is 5.33. The number of carbonyl (C=O) groups excluding carboxylic acids is 1. The number of halogens is 1. The number of thioether (sulfide) groups is 1. The molecule has 4 saturated carbocycles.